The predicted molar refractivity (Wildman–Crippen MR) is 96.9 cm³/mol. The molecule has 2 aliphatic rings. The van der Waals surface area contributed by atoms with Gasteiger partial charge < -0.3 is 9.80 Å². The third-order valence-corrected chi connectivity index (χ3v) is 5.02. The Morgan fingerprint density at radius 1 is 1.15 bits per heavy atom. The fourth-order valence-corrected chi connectivity index (χ4v) is 3.41. The largest absolute Gasteiger partial charge is 0.339 e. The van der Waals surface area contributed by atoms with Crippen molar-refractivity contribution in [2.24, 2.45) is 0 Å². The minimum absolute atomic E-state index is 0. The number of alkyl halides is 2. The van der Waals surface area contributed by atoms with Gasteiger partial charge in [-0.05, 0) is 11.6 Å². The number of rotatable bonds is 3. The van der Waals surface area contributed by atoms with Gasteiger partial charge in [-0.1, -0.05) is 29.8 Å². The number of carbonyl (C=O) groups is 2. The Morgan fingerprint density at radius 2 is 1.77 bits per heavy atom. The molecule has 144 valence electrons. The Hall–Kier alpha value is -1.44. The van der Waals surface area contributed by atoms with Crippen LogP contribution >= 0.6 is 24.0 Å². The first-order valence-corrected chi connectivity index (χ1v) is 8.65. The summed E-state index contributed by atoms with van der Waals surface area (Å²) < 4.78 is 26.5. The van der Waals surface area contributed by atoms with E-state index < -0.39 is 24.9 Å². The zero-order chi connectivity index (χ0) is 18.0. The normalized spacial score (nSPS) is 22.0. The van der Waals surface area contributed by atoms with Gasteiger partial charge in [-0.3, -0.25) is 14.9 Å². The molecule has 2 saturated heterocycles. The maximum Gasteiger partial charge on any atom is 0.262 e. The van der Waals surface area contributed by atoms with Gasteiger partial charge in [-0.25, -0.2) is 8.78 Å². The van der Waals surface area contributed by atoms with Gasteiger partial charge in [-0.2, -0.15) is 0 Å². The Kier molecular flexibility index (Phi) is 6.82. The van der Waals surface area contributed by atoms with Crippen LogP contribution in [0.2, 0.25) is 5.02 Å². The number of hydrogen-bond donors (Lipinski definition) is 1. The summed E-state index contributed by atoms with van der Waals surface area (Å²) >= 11 is 6.08. The third kappa shape index (κ3) is 4.84. The molecule has 2 aliphatic heterocycles. The van der Waals surface area contributed by atoms with Gasteiger partial charge in [0.25, 0.3) is 5.92 Å². The van der Waals surface area contributed by atoms with Gasteiger partial charge in [-0.15, -0.1) is 12.4 Å². The van der Waals surface area contributed by atoms with Crippen LogP contribution in [0.4, 0.5) is 8.78 Å². The molecule has 1 aromatic carbocycles. The maximum atomic E-state index is 13.2. The minimum Gasteiger partial charge on any atom is -0.339 e. The maximum absolute atomic E-state index is 13.2. The highest BCUT2D eigenvalue weighted by molar-refractivity contribution is 6.31. The van der Waals surface area contributed by atoms with Crippen LogP contribution in [0.25, 0.3) is 0 Å². The smallest absolute Gasteiger partial charge is 0.262 e. The molecule has 3 rings (SSSR count). The van der Waals surface area contributed by atoms with Crippen LogP contribution in [-0.4, -0.2) is 66.3 Å². The van der Waals surface area contributed by atoms with E-state index in [4.69, 9.17) is 11.6 Å². The van der Waals surface area contributed by atoms with Crippen molar-refractivity contribution in [1.82, 2.24) is 15.1 Å². The van der Waals surface area contributed by atoms with Crippen LogP contribution in [0.15, 0.2) is 24.3 Å². The summed E-state index contributed by atoms with van der Waals surface area (Å²) in [6.45, 7) is 1.06. The molecule has 0 aliphatic carbocycles. The summed E-state index contributed by atoms with van der Waals surface area (Å²) in [6.07, 6.45) is -0.249. The molecule has 2 amide bonds. The van der Waals surface area contributed by atoms with E-state index in [-0.39, 0.29) is 30.6 Å². The molecule has 5 nitrogen and oxygen atoms in total. The summed E-state index contributed by atoms with van der Waals surface area (Å²) in [5.74, 6) is -3.19. The van der Waals surface area contributed by atoms with Crippen molar-refractivity contribution in [3.8, 4) is 0 Å². The average Bonchev–Trinajstić information content (AvgIpc) is 2.96. The second kappa shape index (κ2) is 8.50. The number of hydrogen-bond acceptors (Lipinski definition) is 3. The van der Waals surface area contributed by atoms with Gasteiger partial charge in [0.1, 0.15) is 0 Å². The molecule has 1 aromatic rings. The first-order chi connectivity index (χ1) is 11.9. The predicted octanol–water partition coefficient (Wildman–Crippen LogP) is 1.97. The van der Waals surface area contributed by atoms with E-state index in [0.29, 0.717) is 31.2 Å². The zero-order valence-electron chi connectivity index (χ0n) is 14.1. The number of piperazine rings is 1. The lowest BCUT2D eigenvalue weighted by Crippen LogP contribution is -2.54. The molecule has 2 heterocycles. The van der Waals surface area contributed by atoms with Gasteiger partial charge in [0, 0.05) is 37.6 Å². The number of nitrogens with zero attached hydrogens (tertiary/aromatic N) is 2. The van der Waals surface area contributed by atoms with Crippen molar-refractivity contribution in [3.63, 3.8) is 0 Å². The minimum atomic E-state index is -2.83. The molecule has 0 spiro atoms. The summed E-state index contributed by atoms with van der Waals surface area (Å²) in [4.78, 5) is 27.9. The van der Waals surface area contributed by atoms with Crippen LogP contribution in [0.3, 0.4) is 0 Å². The van der Waals surface area contributed by atoms with E-state index in [1.165, 1.54) is 0 Å². The third-order valence-electron chi connectivity index (χ3n) is 4.65. The number of halogens is 4. The van der Waals surface area contributed by atoms with E-state index >= 15 is 0 Å². The first-order valence-electron chi connectivity index (χ1n) is 8.27. The molecule has 1 atom stereocenters. The van der Waals surface area contributed by atoms with Gasteiger partial charge in [0.05, 0.1) is 19.0 Å². The molecule has 1 unspecified atom stereocenters. The van der Waals surface area contributed by atoms with Gasteiger partial charge in [0.2, 0.25) is 11.8 Å². The summed E-state index contributed by atoms with van der Waals surface area (Å²) in [7, 11) is 0. The van der Waals surface area contributed by atoms with Gasteiger partial charge in [0.15, 0.2) is 0 Å². The Bertz CT molecular complexity index is 667. The van der Waals surface area contributed by atoms with Crippen molar-refractivity contribution in [2.75, 3.05) is 32.7 Å². The van der Waals surface area contributed by atoms with Crippen molar-refractivity contribution in [2.45, 2.75) is 24.8 Å². The summed E-state index contributed by atoms with van der Waals surface area (Å²) in [6, 6.07) is 6.36. The molecule has 0 aromatic heterocycles. The number of benzene rings is 1. The second-order valence-electron chi connectivity index (χ2n) is 6.47. The highest BCUT2D eigenvalue weighted by Gasteiger charge is 2.43. The highest BCUT2D eigenvalue weighted by Crippen LogP contribution is 2.26. The molecule has 0 radical (unpaired) electrons. The van der Waals surface area contributed by atoms with E-state index in [0.717, 1.165) is 5.56 Å². The molecule has 9 heteroatoms. The standard InChI is InChI=1S/C17H20ClF2N3O2.ClH/c18-13-4-2-1-3-12(13)9-15(24)22-5-7-23(8-6-22)16(25)14-10-17(19,20)11-21-14;/h1-4,14,21H,5-11H2;1H. The molecular formula is C17H21Cl2F2N3O2. The fraction of sp³-hybridized carbons (Fsp3) is 0.529. The molecule has 0 saturated carbocycles. The van der Waals surface area contributed by atoms with E-state index in [2.05, 4.69) is 5.32 Å². The monoisotopic (exact) mass is 407 g/mol. The van der Waals surface area contributed by atoms with Gasteiger partial charge >= 0.3 is 0 Å². The van der Waals surface area contributed by atoms with E-state index in [1.54, 1.807) is 21.9 Å². The summed E-state index contributed by atoms with van der Waals surface area (Å²) in [5.41, 5.74) is 0.769. The SMILES string of the molecule is Cl.O=C(Cc1ccccc1Cl)N1CCN(C(=O)C2CC(F)(F)CN2)CC1. The average molecular weight is 408 g/mol. The molecule has 0 bridgehead atoms. The Balaban J connectivity index is 0.00000243. The molecule has 26 heavy (non-hydrogen) atoms. The van der Waals surface area contributed by atoms with Crippen LogP contribution in [0.1, 0.15) is 12.0 Å². The van der Waals surface area contributed by atoms with E-state index in [9.17, 15) is 18.4 Å². The van der Waals surface area contributed by atoms with E-state index in [1.807, 2.05) is 12.1 Å². The van der Waals surface area contributed by atoms with Crippen molar-refractivity contribution in [1.29, 1.82) is 0 Å². The van der Waals surface area contributed by atoms with Crippen molar-refractivity contribution >= 4 is 35.8 Å². The quantitative estimate of drug-likeness (QED) is 0.833. The summed E-state index contributed by atoms with van der Waals surface area (Å²) in [5, 5.41) is 3.13. The van der Waals surface area contributed by atoms with Crippen LogP contribution < -0.4 is 5.32 Å². The first kappa shape index (κ1) is 20.9. The number of nitrogens with one attached hydrogen (secondary N) is 1. The molecule has 2 fully saturated rings. The highest BCUT2D eigenvalue weighted by atomic mass is 35.5. The Labute approximate surface area is 162 Å². The number of amides is 2. The number of carbonyl (C=O) groups excluding carboxylic acids is 2. The lowest BCUT2D eigenvalue weighted by molar-refractivity contribution is -0.140. The van der Waals surface area contributed by atoms with Crippen molar-refractivity contribution in [3.05, 3.63) is 34.9 Å². The van der Waals surface area contributed by atoms with Crippen LogP contribution in [-0.2, 0) is 16.0 Å². The Morgan fingerprint density at radius 3 is 2.35 bits per heavy atom. The lowest BCUT2D eigenvalue weighted by atomic mass is 10.1. The second-order valence-corrected chi connectivity index (χ2v) is 6.88. The zero-order valence-corrected chi connectivity index (χ0v) is 15.7. The van der Waals surface area contributed by atoms with Crippen LogP contribution in [0, 0.1) is 0 Å². The van der Waals surface area contributed by atoms with Crippen molar-refractivity contribution < 1.29 is 18.4 Å². The molecule has 1 N–H and O–H groups in total. The molecular weight excluding hydrogens is 387 g/mol. The lowest BCUT2D eigenvalue weighted by Gasteiger charge is -2.36. The topological polar surface area (TPSA) is 52.7 Å². The fourth-order valence-electron chi connectivity index (χ4n) is 3.20. The van der Waals surface area contributed by atoms with Crippen LogP contribution in [0.5, 0.6) is 0 Å².